The van der Waals surface area contributed by atoms with Crippen LogP contribution in [0.3, 0.4) is 0 Å². The maximum Gasteiger partial charge on any atom is 0.315 e. The average molecular weight is 812 g/mol. The highest BCUT2D eigenvalue weighted by Crippen LogP contribution is 2.33. The van der Waals surface area contributed by atoms with Crippen LogP contribution >= 0.6 is 11.8 Å². The van der Waals surface area contributed by atoms with Crippen LogP contribution in [0.4, 0.5) is 4.79 Å². The molecule has 0 aromatic heterocycles. The smallest absolute Gasteiger partial charge is 0.315 e. The lowest BCUT2D eigenvalue weighted by Crippen LogP contribution is -2.36. The topological polar surface area (TPSA) is 172 Å². The van der Waals surface area contributed by atoms with Crippen LogP contribution in [0.15, 0.2) is 0 Å². The number of amides is 3. The highest BCUT2D eigenvalue weighted by atomic mass is 32.2. The molecule has 2 aliphatic rings. The molecule has 0 aromatic rings. The largest absolute Gasteiger partial charge is 0.379 e. The van der Waals surface area contributed by atoms with Gasteiger partial charge in [-0.2, -0.15) is 11.8 Å². The van der Waals surface area contributed by atoms with Crippen molar-refractivity contribution in [3.05, 3.63) is 0 Å². The van der Waals surface area contributed by atoms with Crippen molar-refractivity contribution in [2.45, 2.75) is 70.2 Å². The molecule has 2 rings (SSSR count). The Bertz CT molecular complexity index is 921. The third kappa shape index (κ3) is 30.4. The second kappa shape index (κ2) is 34.7. The first-order valence-corrected chi connectivity index (χ1v) is 21.2. The number of unbranched alkanes of at least 4 members (excludes halogenated alkanes) is 1. The van der Waals surface area contributed by atoms with Gasteiger partial charge in [0, 0.05) is 30.6 Å². The van der Waals surface area contributed by atoms with Gasteiger partial charge in [0.1, 0.15) is 0 Å². The predicted molar refractivity (Wildman–Crippen MR) is 210 cm³/mol. The molecule has 3 amide bonds. The van der Waals surface area contributed by atoms with Crippen LogP contribution in [-0.4, -0.2) is 187 Å². The minimum atomic E-state index is -0.0598. The number of carbonyl (C=O) groups excluding carboxylic acids is 2. The SMILES string of the molecule is CC(C)(C)CCOCCOCCOCCOCCOCCOCCOCCOCCOCCOCCOCCNC(=O)CCCC[C@@H]1SC[C@@H]2NC(=O)N[C@@H]21. The predicted octanol–water partition coefficient (Wildman–Crippen LogP) is 2.45. The summed E-state index contributed by atoms with van der Waals surface area (Å²) in [5.41, 5.74) is 0.298. The van der Waals surface area contributed by atoms with Crippen molar-refractivity contribution in [1.29, 1.82) is 0 Å². The van der Waals surface area contributed by atoms with E-state index in [0.717, 1.165) is 38.0 Å². The van der Waals surface area contributed by atoms with E-state index in [1.54, 1.807) is 0 Å². The zero-order valence-electron chi connectivity index (χ0n) is 34.0. The van der Waals surface area contributed by atoms with Crippen molar-refractivity contribution in [1.82, 2.24) is 16.0 Å². The highest BCUT2D eigenvalue weighted by molar-refractivity contribution is 8.00. The normalized spacial score (nSPS) is 18.1. The molecule has 2 heterocycles. The Kier molecular flexibility index (Phi) is 31.4. The molecule has 55 heavy (non-hydrogen) atoms. The highest BCUT2D eigenvalue weighted by Gasteiger charge is 2.42. The summed E-state index contributed by atoms with van der Waals surface area (Å²) in [6.45, 7) is 18.6. The van der Waals surface area contributed by atoms with E-state index in [1.807, 2.05) is 11.8 Å². The fourth-order valence-electron chi connectivity index (χ4n) is 5.30. The first-order chi connectivity index (χ1) is 26.8. The number of thioether (sulfide) groups is 1. The summed E-state index contributed by atoms with van der Waals surface area (Å²) in [5.74, 6) is 1.00. The van der Waals surface area contributed by atoms with Gasteiger partial charge in [-0.25, -0.2) is 4.79 Å². The summed E-state index contributed by atoms with van der Waals surface area (Å²) in [4.78, 5) is 23.5. The van der Waals surface area contributed by atoms with Crippen LogP contribution in [0.25, 0.3) is 0 Å². The summed E-state index contributed by atoms with van der Waals surface area (Å²) in [5, 5.41) is 9.29. The van der Waals surface area contributed by atoms with Crippen LogP contribution < -0.4 is 16.0 Å². The Balaban J connectivity index is 1.14. The molecule has 0 bridgehead atoms. The van der Waals surface area contributed by atoms with Gasteiger partial charge in [0.2, 0.25) is 5.91 Å². The number of carbonyl (C=O) groups is 2. The van der Waals surface area contributed by atoms with E-state index < -0.39 is 0 Å². The molecule has 0 unspecified atom stereocenters. The van der Waals surface area contributed by atoms with Crippen LogP contribution in [-0.2, 0) is 56.9 Å². The van der Waals surface area contributed by atoms with Crippen molar-refractivity contribution in [2.75, 3.05) is 158 Å². The standard InChI is InChI=1S/C38H73N3O13S/c1-38(2,3)8-10-44-12-14-46-16-18-48-20-22-50-24-26-52-28-30-54-31-29-53-27-25-51-23-21-49-19-17-47-15-13-45-11-9-39-35(42)7-5-4-6-34-36-33(32-55-34)40-37(43)41-36/h33-34,36H,4-32H2,1-3H3,(H,39,42)(H2,40,41,43)/t33-,34-,36-/m0/s1. The summed E-state index contributed by atoms with van der Waals surface area (Å²) < 4.78 is 60.6. The van der Waals surface area contributed by atoms with Crippen LogP contribution in [0, 0.1) is 5.41 Å². The molecular formula is C38H73N3O13S. The molecule has 0 aromatic carbocycles. The van der Waals surface area contributed by atoms with E-state index in [4.69, 9.17) is 52.1 Å². The fraction of sp³-hybridized carbons (Fsp3) is 0.947. The summed E-state index contributed by atoms with van der Waals surface area (Å²) in [7, 11) is 0. The monoisotopic (exact) mass is 811 g/mol. The summed E-state index contributed by atoms with van der Waals surface area (Å²) in [6.07, 6.45) is 4.38. The Hall–Kier alpha value is -1.35. The van der Waals surface area contributed by atoms with Gasteiger partial charge in [-0.3, -0.25) is 4.79 Å². The lowest BCUT2D eigenvalue weighted by Gasteiger charge is -2.17. The number of ether oxygens (including phenoxy) is 11. The summed E-state index contributed by atoms with van der Waals surface area (Å²) in [6, 6.07) is 0.409. The van der Waals surface area contributed by atoms with Gasteiger partial charge < -0.3 is 68.1 Å². The van der Waals surface area contributed by atoms with Crippen LogP contribution in [0.1, 0.15) is 52.9 Å². The molecule has 324 valence electrons. The Labute approximate surface area is 334 Å². The van der Waals surface area contributed by atoms with E-state index in [0.29, 0.717) is 162 Å². The van der Waals surface area contributed by atoms with Gasteiger partial charge in [0.05, 0.1) is 151 Å². The molecule has 0 spiro atoms. The van der Waals surface area contributed by atoms with Gasteiger partial charge in [0.25, 0.3) is 0 Å². The maximum atomic E-state index is 12.0. The molecule has 0 radical (unpaired) electrons. The third-order valence-corrected chi connectivity index (χ3v) is 9.87. The second-order valence-electron chi connectivity index (χ2n) is 14.3. The molecular weight excluding hydrogens is 738 g/mol. The zero-order valence-corrected chi connectivity index (χ0v) is 34.8. The second-order valence-corrected chi connectivity index (χ2v) is 15.5. The first kappa shape index (κ1) is 49.8. The zero-order chi connectivity index (χ0) is 39.5. The van der Waals surface area contributed by atoms with Gasteiger partial charge in [0.15, 0.2) is 0 Å². The molecule has 3 N–H and O–H groups in total. The molecule has 2 saturated heterocycles. The van der Waals surface area contributed by atoms with E-state index in [9.17, 15) is 9.59 Å². The van der Waals surface area contributed by atoms with Crippen molar-refractivity contribution in [3.63, 3.8) is 0 Å². The van der Waals surface area contributed by atoms with E-state index in [2.05, 4.69) is 36.7 Å². The first-order valence-electron chi connectivity index (χ1n) is 20.2. The molecule has 0 aliphatic carbocycles. The van der Waals surface area contributed by atoms with E-state index in [1.165, 1.54) is 0 Å². The Morgan fingerprint density at radius 1 is 0.582 bits per heavy atom. The van der Waals surface area contributed by atoms with Crippen molar-refractivity contribution >= 4 is 23.7 Å². The number of nitrogens with one attached hydrogen (secondary N) is 3. The minimum absolute atomic E-state index is 0.0445. The minimum Gasteiger partial charge on any atom is -0.379 e. The van der Waals surface area contributed by atoms with Crippen LogP contribution in [0.5, 0.6) is 0 Å². The van der Waals surface area contributed by atoms with Gasteiger partial charge in [-0.05, 0) is 24.7 Å². The Morgan fingerprint density at radius 2 is 0.964 bits per heavy atom. The number of hydrogen-bond acceptors (Lipinski definition) is 14. The maximum absolute atomic E-state index is 12.0. The molecule has 16 nitrogen and oxygen atoms in total. The molecule has 2 aliphatic heterocycles. The number of rotatable bonds is 40. The quantitative estimate of drug-likeness (QED) is 0.0609. The van der Waals surface area contributed by atoms with Crippen molar-refractivity contribution in [2.24, 2.45) is 5.41 Å². The van der Waals surface area contributed by atoms with Crippen LogP contribution in [0.2, 0.25) is 0 Å². The number of fused-ring (bicyclic) bond motifs is 1. The summed E-state index contributed by atoms with van der Waals surface area (Å²) >= 11 is 1.90. The fourth-order valence-corrected chi connectivity index (χ4v) is 6.85. The van der Waals surface area contributed by atoms with Gasteiger partial charge >= 0.3 is 6.03 Å². The average Bonchev–Trinajstić information content (AvgIpc) is 3.71. The van der Waals surface area contributed by atoms with E-state index >= 15 is 0 Å². The third-order valence-electron chi connectivity index (χ3n) is 8.37. The van der Waals surface area contributed by atoms with Gasteiger partial charge in [-0.15, -0.1) is 0 Å². The molecule has 2 fully saturated rings. The van der Waals surface area contributed by atoms with Crippen molar-refractivity contribution in [3.8, 4) is 0 Å². The number of urea groups is 1. The lowest BCUT2D eigenvalue weighted by molar-refractivity contribution is -0.121. The van der Waals surface area contributed by atoms with Crippen molar-refractivity contribution < 1.29 is 61.7 Å². The number of hydrogen-bond donors (Lipinski definition) is 3. The molecule has 17 heteroatoms. The Morgan fingerprint density at radius 3 is 1.36 bits per heavy atom. The molecule has 0 saturated carbocycles. The van der Waals surface area contributed by atoms with Gasteiger partial charge in [-0.1, -0.05) is 27.2 Å². The molecule has 3 atom stereocenters. The lowest BCUT2D eigenvalue weighted by atomic mass is 9.93. The van der Waals surface area contributed by atoms with E-state index in [-0.39, 0.29) is 24.0 Å².